The van der Waals surface area contributed by atoms with E-state index in [2.05, 4.69) is 12.2 Å². The van der Waals surface area contributed by atoms with Crippen LogP contribution in [-0.4, -0.2) is 18.6 Å². The summed E-state index contributed by atoms with van der Waals surface area (Å²) < 4.78 is 5.46. The first kappa shape index (κ1) is 14.4. The van der Waals surface area contributed by atoms with E-state index in [0.29, 0.717) is 18.7 Å². The van der Waals surface area contributed by atoms with Crippen molar-refractivity contribution in [3.63, 3.8) is 0 Å². The fraction of sp³-hybridized carbons (Fsp3) is 0.500. The summed E-state index contributed by atoms with van der Waals surface area (Å²) >= 11 is 0. The number of nitrogens with one attached hydrogen (secondary N) is 1. The van der Waals surface area contributed by atoms with Crippen LogP contribution in [0.3, 0.4) is 0 Å². The molecule has 3 N–H and O–H groups in total. The van der Waals surface area contributed by atoms with Gasteiger partial charge in [-0.3, -0.25) is 4.79 Å². The highest BCUT2D eigenvalue weighted by atomic mass is 16.5. The molecule has 0 saturated carbocycles. The van der Waals surface area contributed by atoms with Crippen LogP contribution in [-0.2, 0) is 4.79 Å². The van der Waals surface area contributed by atoms with Crippen molar-refractivity contribution in [2.45, 2.75) is 39.2 Å². The largest absolute Gasteiger partial charge is 0.493 e. The number of benzene rings is 1. The van der Waals surface area contributed by atoms with Crippen molar-refractivity contribution in [1.82, 2.24) is 5.32 Å². The highest BCUT2D eigenvalue weighted by Gasteiger charge is 2.06. The SMILES string of the molecule is CCCC(C)NC(=O)CCOc1ccc(N)cc1. The molecule has 4 nitrogen and oxygen atoms in total. The van der Waals surface area contributed by atoms with Crippen LogP contribution in [0.15, 0.2) is 24.3 Å². The molecule has 0 aromatic heterocycles. The van der Waals surface area contributed by atoms with Crippen LogP contribution >= 0.6 is 0 Å². The Morgan fingerprint density at radius 2 is 2.06 bits per heavy atom. The highest BCUT2D eigenvalue weighted by molar-refractivity contribution is 5.76. The maximum Gasteiger partial charge on any atom is 0.223 e. The second kappa shape index (κ2) is 7.58. The topological polar surface area (TPSA) is 64.3 Å². The smallest absolute Gasteiger partial charge is 0.223 e. The van der Waals surface area contributed by atoms with Gasteiger partial charge >= 0.3 is 0 Å². The summed E-state index contributed by atoms with van der Waals surface area (Å²) in [7, 11) is 0. The molecule has 18 heavy (non-hydrogen) atoms. The first-order valence-electron chi connectivity index (χ1n) is 6.39. The van der Waals surface area contributed by atoms with Gasteiger partial charge in [0.05, 0.1) is 13.0 Å². The Bertz CT molecular complexity index is 363. The first-order chi connectivity index (χ1) is 8.61. The second-order valence-corrected chi connectivity index (χ2v) is 4.42. The molecule has 1 rings (SSSR count). The molecule has 1 amide bonds. The summed E-state index contributed by atoms with van der Waals surface area (Å²) in [6, 6.07) is 7.39. The number of carbonyl (C=O) groups is 1. The summed E-state index contributed by atoms with van der Waals surface area (Å²) in [4.78, 5) is 11.6. The van der Waals surface area contributed by atoms with E-state index in [1.54, 1.807) is 24.3 Å². The third kappa shape index (κ3) is 5.57. The van der Waals surface area contributed by atoms with Gasteiger partial charge in [0.25, 0.3) is 0 Å². The molecule has 0 spiro atoms. The number of rotatable bonds is 7. The standard InChI is InChI=1S/C14H22N2O2/c1-3-4-11(2)16-14(17)9-10-18-13-7-5-12(15)6-8-13/h5-8,11H,3-4,9-10,15H2,1-2H3,(H,16,17). The number of hydrogen-bond donors (Lipinski definition) is 2. The molecule has 100 valence electrons. The lowest BCUT2D eigenvalue weighted by Gasteiger charge is -2.13. The fourth-order valence-electron chi connectivity index (χ4n) is 1.68. The minimum Gasteiger partial charge on any atom is -0.493 e. The lowest BCUT2D eigenvalue weighted by atomic mass is 10.2. The fourth-order valence-corrected chi connectivity index (χ4v) is 1.68. The number of anilines is 1. The molecule has 0 aliphatic heterocycles. The lowest BCUT2D eigenvalue weighted by molar-refractivity contribution is -0.122. The van der Waals surface area contributed by atoms with E-state index < -0.39 is 0 Å². The molecule has 1 unspecified atom stereocenters. The molecule has 1 aromatic rings. The summed E-state index contributed by atoms with van der Waals surface area (Å²) in [5.41, 5.74) is 6.27. The van der Waals surface area contributed by atoms with Gasteiger partial charge in [0, 0.05) is 11.7 Å². The average Bonchev–Trinajstić information content (AvgIpc) is 2.32. The van der Waals surface area contributed by atoms with Crippen molar-refractivity contribution < 1.29 is 9.53 Å². The van der Waals surface area contributed by atoms with Crippen LogP contribution in [0.4, 0.5) is 5.69 Å². The zero-order chi connectivity index (χ0) is 13.4. The van der Waals surface area contributed by atoms with E-state index in [9.17, 15) is 4.79 Å². The molecule has 0 fully saturated rings. The summed E-state index contributed by atoms with van der Waals surface area (Å²) in [6.07, 6.45) is 2.45. The molecule has 1 aromatic carbocycles. The minimum atomic E-state index is 0.0337. The number of ether oxygens (including phenoxy) is 1. The van der Waals surface area contributed by atoms with Gasteiger partial charge in [0.1, 0.15) is 5.75 Å². The quantitative estimate of drug-likeness (QED) is 0.730. The van der Waals surface area contributed by atoms with Crippen LogP contribution in [0.2, 0.25) is 0 Å². The van der Waals surface area contributed by atoms with Crippen molar-refractivity contribution in [3.8, 4) is 5.75 Å². The maximum absolute atomic E-state index is 11.6. The monoisotopic (exact) mass is 250 g/mol. The van der Waals surface area contributed by atoms with Crippen molar-refractivity contribution in [3.05, 3.63) is 24.3 Å². The van der Waals surface area contributed by atoms with Gasteiger partial charge in [-0.25, -0.2) is 0 Å². The number of hydrogen-bond acceptors (Lipinski definition) is 3. The molecule has 4 heteroatoms. The van der Waals surface area contributed by atoms with Gasteiger partial charge < -0.3 is 15.8 Å². The summed E-state index contributed by atoms with van der Waals surface area (Å²) in [6.45, 7) is 4.50. The van der Waals surface area contributed by atoms with E-state index in [0.717, 1.165) is 18.6 Å². The molecule has 0 heterocycles. The number of nitrogen functional groups attached to an aromatic ring is 1. The van der Waals surface area contributed by atoms with Crippen molar-refractivity contribution in [2.75, 3.05) is 12.3 Å². The third-order valence-electron chi connectivity index (χ3n) is 2.61. The molecular formula is C14H22N2O2. The molecule has 0 saturated heterocycles. The van der Waals surface area contributed by atoms with Gasteiger partial charge in [-0.1, -0.05) is 13.3 Å². The van der Waals surface area contributed by atoms with Crippen LogP contribution in [0.1, 0.15) is 33.1 Å². The van der Waals surface area contributed by atoms with E-state index >= 15 is 0 Å². The Labute approximate surface area is 109 Å². The predicted octanol–water partition coefficient (Wildman–Crippen LogP) is 2.34. The second-order valence-electron chi connectivity index (χ2n) is 4.42. The van der Waals surface area contributed by atoms with Gasteiger partial charge in [0.2, 0.25) is 5.91 Å². The molecule has 1 atom stereocenters. The average molecular weight is 250 g/mol. The molecule has 0 aliphatic rings. The maximum atomic E-state index is 11.6. The number of carbonyl (C=O) groups excluding carboxylic acids is 1. The van der Waals surface area contributed by atoms with E-state index in [1.807, 2.05) is 6.92 Å². The summed E-state index contributed by atoms with van der Waals surface area (Å²) in [5.74, 6) is 0.769. The van der Waals surface area contributed by atoms with E-state index in [1.165, 1.54) is 0 Å². The lowest BCUT2D eigenvalue weighted by Crippen LogP contribution is -2.33. The minimum absolute atomic E-state index is 0.0337. The Balaban J connectivity index is 2.21. The first-order valence-corrected chi connectivity index (χ1v) is 6.39. The number of nitrogens with two attached hydrogens (primary N) is 1. The molecule has 0 radical (unpaired) electrons. The molecule has 0 aliphatic carbocycles. The predicted molar refractivity (Wildman–Crippen MR) is 73.5 cm³/mol. The van der Waals surface area contributed by atoms with Gasteiger partial charge in [-0.05, 0) is 37.6 Å². The van der Waals surface area contributed by atoms with Crippen LogP contribution in [0, 0.1) is 0 Å². The zero-order valence-corrected chi connectivity index (χ0v) is 11.1. The third-order valence-corrected chi connectivity index (χ3v) is 2.61. The van der Waals surface area contributed by atoms with Gasteiger partial charge in [-0.15, -0.1) is 0 Å². The highest BCUT2D eigenvalue weighted by Crippen LogP contribution is 2.13. The summed E-state index contributed by atoms with van der Waals surface area (Å²) in [5, 5.41) is 2.94. The zero-order valence-electron chi connectivity index (χ0n) is 11.1. The Morgan fingerprint density at radius 3 is 2.67 bits per heavy atom. The van der Waals surface area contributed by atoms with Crippen LogP contribution in [0.25, 0.3) is 0 Å². The van der Waals surface area contributed by atoms with Crippen molar-refractivity contribution in [1.29, 1.82) is 0 Å². The van der Waals surface area contributed by atoms with E-state index in [-0.39, 0.29) is 11.9 Å². The molecule has 0 bridgehead atoms. The Kier molecular flexibility index (Phi) is 6.05. The Morgan fingerprint density at radius 1 is 1.39 bits per heavy atom. The van der Waals surface area contributed by atoms with E-state index in [4.69, 9.17) is 10.5 Å². The molecular weight excluding hydrogens is 228 g/mol. The van der Waals surface area contributed by atoms with Crippen molar-refractivity contribution in [2.24, 2.45) is 0 Å². The van der Waals surface area contributed by atoms with Crippen LogP contribution in [0.5, 0.6) is 5.75 Å². The van der Waals surface area contributed by atoms with Gasteiger partial charge in [-0.2, -0.15) is 0 Å². The number of amides is 1. The van der Waals surface area contributed by atoms with Gasteiger partial charge in [0.15, 0.2) is 0 Å². The Hall–Kier alpha value is -1.71. The normalized spacial score (nSPS) is 11.9. The van der Waals surface area contributed by atoms with Crippen LogP contribution < -0.4 is 15.8 Å². The van der Waals surface area contributed by atoms with Crippen molar-refractivity contribution >= 4 is 11.6 Å².